The monoisotopic (exact) mass is 417 g/mol. The maximum atomic E-state index is 12.6. The molecule has 4 rings (SSSR count). The number of pyridine rings is 1. The number of nitrogens with one attached hydrogen (secondary N) is 1. The Bertz CT molecular complexity index is 1030. The predicted octanol–water partition coefficient (Wildman–Crippen LogP) is 4.00. The average molecular weight is 417 g/mol. The van der Waals surface area contributed by atoms with Crippen molar-refractivity contribution in [2.24, 2.45) is 0 Å². The van der Waals surface area contributed by atoms with E-state index in [1.54, 1.807) is 24.3 Å². The van der Waals surface area contributed by atoms with E-state index in [2.05, 4.69) is 25.0 Å². The van der Waals surface area contributed by atoms with Crippen molar-refractivity contribution in [1.29, 1.82) is 0 Å². The molecule has 0 bridgehead atoms. The molecule has 0 atom stereocenters. The lowest BCUT2D eigenvalue weighted by Gasteiger charge is -2.16. The Hall–Kier alpha value is -3.43. The highest BCUT2D eigenvalue weighted by Crippen LogP contribution is 2.29. The van der Waals surface area contributed by atoms with Crippen molar-refractivity contribution in [3.8, 4) is 11.4 Å². The lowest BCUT2D eigenvalue weighted by molar-refractivity contribution is -0.159. The highest BCUT2D eigenvalue weighted by molar-refractivity contribution is 5.95. The van der Waals surface area contributed by atoms with E-state index in [0.29, 0.717) is 23.4 Å². The number of amides is 1. The van der Waals surface area contributed by atoms with Crippen LogP contribution in [-0.2, 0) is 12.7 Å². The van der Waals surface area contributed by atoms with Crippen molar-refractivity contribution in [3.63, 3.8) is 0 Å². The van der Waals surface area contributed by atoms with Crippen LogP contribution in [-0.4, -0.2) is 39.0 Å². The number of anilines is 1. The summed E-state index contributed by atoms with van der Waals surface area (Å²) < 4.78 is 41.9. The van der Waals surface area contributed by atoms with E-state index in [1.807, 2.05) is 17.0 Å². The molecular formula is C20H18F3N5O2. The number of carbonyl (C=O) groups excluding carboxylic acids is 1. The summed E-state index contributed by atoms with van der Waals surface area (Å²) in [5, 5.41) is 6.54. The number of nitrogens with zero attached hydrogens (tertiary/aromatic N) is 4. The summed E-state index contributed by atoms with van der Waals surface area (Å²) in [4.78, 5) is 21.9. The van der Waals surface area contributed by atoms with Crippen LogP contribution < -0.4 is 5.32 Å². The van der Waals surface area contributed by atoms with E-state index >= 15 is 0 Å². The summed E-state index contributed by atoms with van der Waals surface area (Å²) >= 11 is 0. The summed E-state index contributed by atoms with van der Waals surface area (Å²) in [5.74, 6) is -1.55. The summed E-state index contributed by atoms with van der Waals surface area (Å²) in [6, 6.07) is 10.5. The molecule has 156 valence electrons. The fourth-order valence-corrected chi connectivity index (χ4v) is 3.17. The molecule has 1 saturated heterocycles. The van der Waals surface area contributed by atoms with Gasteiger partial charge in [-0.25, -0.2) is 0 Å². The van der Waals surface area contributed by atoms with Gasteiger partial charge in [0.05, 0.1) is 12.2 Å². The fraction of sp³-hybridized carbons (Fsp3) is 0.300. The van der Waals surface area contributed by atoms with Gasteiger partial charge in [0, 0.05) is 36.1 Å². The molecule has 3 aromatic rings. The summed E-state index contributed by atoms with van der Waals surface area (Å²) in [6.07, 6.45) is -1.23. The van der Waals surface area contributed by atoms with Crippen molar-refractivity contribution >= 4 is 11.6 Å². The number of alkyl halides is 3. The van der Waals surface area contributed by atoms with Gasteiger partial charge < -0.3 is 14.7 Å². The molecule has 1 aliphatic rings. The molecule has 0 saturated carbocycles. The standard InChI is InChI=1S/C20H18F3N5O2/c21-20(22,23)19-26-17(27-30-19)14-6-7-16(24-11-14)12-25-15-5-3-4-13(10-15)18(29)28-8-1-2-9-28/h3-7,10-11,25H,1-2,8-9,12H2. The fourth-order valence-electron chi connectivity index (χ4n) is 3.17. The maximum absolute atomic E-state index is 12.6. The average Bonchev–Trinajstić information content (AvgIpc) is 3.44. The second-order valence-electron chi connectivity index (χ2n) is 6.89. The molecule has 2 aromatic heterocycles. The molecule has 0 radical (unpaired) electrons. The van der Waals surface area contributed by atoms with Crippen LogP contribution in [0.3, 0.4) is 0 Å². The summed E-state index contributed by atoms with van der Waals surface area (Å²) in [6.45, 7) is 1.96. The summed E-state index contributed by atoms with van der Waals surface area (Å²) in [5.41, 5.74) is 2.38. The molecule has 0 unspecified atom stereocenters. The van der Waals surface area contributed by atoms with Crippen molar-refractivity contribution in [2.75, 3.05) is 18.4 Å². The summed E-state index contributed by atoms with van der Waals surface area (Å²) in [7, 11) is 0. The zero-order valence-electron chi connectivity index (χ0n) is 15.8. The van der Waals surface area contributed by atoms with Gasteiger partial charge in [0.1, 0.15) is 0 Å². The predicted molar refractivity (Wildman–Crippen MR) is 101 cm³/mol. The lowest BCUT2D eigenvalue weighted by atomic mass is 10.1. The van der Waals surface area contributed by atoms with E-state index in [4.69, 9.17) is 0 Å². The van der Waals surface area contributed by atoms with E-state index < -0.39 is 12.1 Å². The Kier molecular flexibility index (Phi) is 5.39. The maximum Gasteiger partial charge on any atom is 0.471 e. The molecule has 1 fully saturated rings. The zero-order chi connectivity index (χ0) is 21.1. The minimum absolute atomic E-state index is 0.0250. The smallest absolute Gasteiger partial charge is 0.379 e. The van der Waals surface area contributed by atoms with Crippen molar-refractivity contribution in [2.45, 2.75) is 25.6 Å². The molecule has 1 N–H and O–H groups in total. The molecule has 7 nitrogen and oxygen atoms in total. The Morgan fingerprint density at radius 2 is 1.97 bits per heavy atom. The third kappa shape index (κ3) is 4.42. The van der Waals surface area contributed by atoms with Gasteiger partial charge in [-0.3, -0.25) is 9.78 Å². The minimum Gasteiger partial charge on any atom is -0.379 e. The highest BCUT2D eigenvalue weighted by atomic mass is 19.4. The number of hydrogen-bond donors (Lipinski definition) is 1. The van der Waals surface area contributed by atoms with Crippen molar-refractivity contribution in [3.05, 3.63) is 59.7 Å². The Balaban J connectivity index is 1.39. The van der Waals surface area contributed by atoms with Crippen LogP contribution in [0, 0.1) is 0 Å². The number of aromatic nitrogens is 3. The number of rotatable bonds is 5. The molecule has 1 aliphatic heterocycles. The van der Waals surface area contributed by atoms with Gasteiger partial charge in [-0.05, 0) is 43.2 Å². The van der Waals surface area contributed by atoms with Crippen LogP contribution >= 0.6 is 0 Å². The van der Waals surface area contributed by atoms with E-state index in [1.165, 1.54) is 6.20 Å². The minimum atomic E-state index is -4.69. The normalized spacial score (nSPS) is 14.2. The van der Waals surface area contributed by atoms with Gasteiger partial charge in [0.2, 0.25) is 5.82 Å². The Labute approximate surface area is 169 Å². The van der Waals surface area contributed by atoms with Gasteiger partial charge >= 0.3 is 12.1 Å². The first-order valence-electron chi connectivity index (χ1n) is 9.39. The van der Waals surface area contributed by atoms with Gasteiger partial charge in [-0.1, -0.05) is 11.2 Å². The van der Waals surface area contributed by atoms with Crippen molar-refractivity contribution < 1.29 is 22.5 Å². The van der Waals surface area contributed by atoms with Crippen LogP contribution in [0.15, 0.2) is 47.1 Å². The Morgan fingerprint density at radius 1 is 1.17 bits per heavy atom. The molecule has 30 heavy (non-hydrogen) atoms. The third-order valence-electron chi connectivity index (χ3n) is 4.73. The SMILES string of the molecule is O=C(c1cccc(NCc2ccc(-c3noc(C(F)(F)F)n3)cn2)c1)N1CCCC1. The number of benzene rings is 1. The van der Waals surface area contributed by atoms with Crippen LogP contribution in [0.2, 0.25) is 0 Å². The Morgan fingerprint density at radius 3 is 2.63 bits per heavy atom. The molecule has 0 aliphatic carbocycles. The van der Waals surface area contributed by atoms with Crippen LogP contribution in [0.5, 0.6) is 0 Å². The first kappa shape index (κ1) is 19.9. The van der Waals surface area contributed by atoms with E-state index in [0.717, 1.165) is 31.6 Å². The van der Waals surface area contributed by atoms with Gasteiger partial charge in [0.25, 0.3) is 5.91 Å². The number of hydrogen-bond acceptors (Lipinski definition) is 6. The molecule has 3 heterocycles. The molecule has 1 amide bonds. The first-order valence-corrected chi connectivity index (χ1v) is 9.39. The van der Waals surface area contributed by atoms with Gasteiger partial charge in [-0.15, -0.1) is 0 Å². The van der Waals surface area contributed by atoms with Crippen LogP contribution in [0.4, 0.5) is 18.9 Å². The number of halogens is 3. The van der Waals surface area contributed by atoms with Gasteiger partial charge in [0.15, 0.2) is 0 Å². The molecule has 1 aromatic carbocycles. The largest absolute Gasteiger partial charge is 0.471 e. The van der Waals surface area contributed by atoms with Crippen LogP contribution in [0.25, 0.3) is 11.4 Å². The molecule has 10 heteroatoms. The lowest BCUT2D eigenvalue weighted by Crippen LogP contribution is -2.27. The highest BCUT2D eigenvalue weighted by Gasteiger charge is 2.38. The number of likely N-dealkylation sites (tertiary alicyclic amines) is 1. The quantitative estimate of drug-likeness (QED) is 0.676. The second kappa shape index (κ2) is 8.13. The van der Waals surface area contributed by atoms with Gasteiger partial charge in [-0.2, -0.15) is 18.2 Å². The van der Waals surface area contributed by atoms with E-state index in [9.17, 15) is 18.0 Å². The number of carbonyl (C=O) groups is 1. The second-order valence-corrected chi connectivity index (χ2v) is 6.89. The van der Waals surface area contributed by atoms with Crippen LogP contribution in [0.1, 0.15) is 34.8 Å². The topological polar surface area (TPSA) is 84.2 Å². The molecule has 0 spiro atoms. The van der Waals surface area contributed by atoms with Crippen molar-refractivity contribution in [1.82, 2.24) is 20.0 Å². The first-order chi connectivity index (χ1) is 14.4. The van der Waals surface area contributed by atoms with E-state index in [-0.39, 0.29) is 11.7 Å². The third-order valence-corrected chi connectivity index (χ3v) is 4.73. The zero-order valence-corrected chi connectivity index (χ0v) is 15.8. The molecular weight excluding hydrogens is 399 g/mol.